The van der Waals surface area contributed by atoms with Gasteiger partial charge in [0, 0.05) is 23.8 Å². The molecule has 1 N–H and O–H groups in total. The van der Waals surface area contributed by atoms with Crippen LogP contribution >= 0.6 is 0 Å². The van der Waals surface area contributed by atoms with E-state index in [1.165, 1.54) is 0 Å². The first kappa shape index (κ1) is 20.2. The van der Waals surface area contributed by atoms with Gasteiger partial charge in [-0.15, -0.1) is 6.42 Å². The summed E-state index contributed by atoms with van der Waals surface area (Å²) in [4.78, 5) is 22.5. The second-order valence-corrected chi connectivity index (χ2v) is 8.19. The molecule has 6 heteroatoms. The number of benzene rings is 2. The lowest BCUT2D eigenvalue weighted by atomic mass is 9.98. The van der Waals surface area contributed by atoms with Gasteiger partial charge in [-0.1, -0.05) is 36.3 Å². The van der Waals surface area contributed by atoms with Gasteiger partial charge < -0.3 is 10.1 Å². The Morgan fingerprint density at radius 2 is 2.09 bits per heavy atom. The Morgan fingerprint density at radius 1 is 1.28 bits per heavy atom. The molecule has 6 nitrogen and oxygen atoms in total. The van der Waals surface area contributed by atoms with Crippen molar-refractivity contribution < 1.29 is 9.53 Å². The van der Waals surface area contributed by atoms with Crippen molar-refractivity contribution in [3.63, 3.8) is 0 Å². The Bertz CT molecular complexity index is 1230. The highest BCUT2D eigenvalue weighted by atomic mass is 16.5. The fourth-order valence-corrected chi connectivity index (χ4v) is 4.24. The molecule has 1 aromatic heterocycles. The second kappa shape index (κ2) is 8.45. The van der Waals surface area contributed by atoms with Crippen LogP contribution in [0.25, 0.3) is 5.69 Å². The van der Waals surface area contributed by atoms with E-state index in [2.05, 4.69) is 16.2 Å². The fraction of sp³-hybridized carbons (Fsp3) is 0.269. The third-order valence-electron chi connectivity index (χ3n) is 6.05. The summed E-state index contributed by atoms with van der Waals surface area (Å²) in [6, 6.07) is 15.9. The number of aromatic nitrogens is 2. The van der Waals surface area contributed by atoms with Crippen LogP contribution in [0, 0.1) is 18.3 Å². The van der Waals surface area contributed by atoms with Crippen LogP contribution < -0.4 is 5.32 Å². The van der Waals surface area contributed by atoms with Crippen LogP contribution in [0.1, 0.15) is 45.7 Å². The van der Waals surface area contributed by atoms with Gasteiger partial charge in [0.15, 0.2) is 5.69 Å². The van der Waals surface area contributed by atoms with Crippen molar-refractivity contribution in [3.05, 3.63) is 82.9 Å². The Hall–Kier alpha value is -3.69. The standard InChI is InChI=1S/C26H24N4O2/c1-3-17-9-12-22-20(13-17)24(19-7-5-4-6-8-19)27-14-23-25(28-16-30(22)23)26(31)29-21(15-32-2)18-10-11-18/h1,4-9,12-13,16,18,21H,10-11,14-15H2,2H3,(H,29,31)/t21-/m0/s1. The summed E-state index contributed by atoms with van der Waals surface area (Å²) in [5.41, 5.74) is 5.61. The SMILES string of the molecule is C#Cc1ccc2c(c1)C(c1ccccc1)=NCc1c(C(=O)N[C@@H](COC)C3CC3)ncn1-2. The number of hydrogen-bond donors (Lipinski definition) is 1. The molecule has 0 bridgehead atoms. The zero-order chi connectivity index (χ0) is 22.1. The maximum Gasteiger partial charge on any atom is 0.272 e. The molecule has 1 aliphatic carbocycles. The molecule has 2 aliphatic rings. The molecular formula is C26H24N4O2. The predicted octanol–water partition coefficient (Wildman–Crippen LogP) is 3.36. The number of nitrogens with one attached hydrogen (secondary N) is 1. The van der Waals surface area contributed by atoms with Crippen LogP contribution in [-0.4, -0.2) is 40.9 Å². The van der Waals surface area contributed by atoms with Gasteiger partial charge in [0.25, 0.3) is 5.91 Å². The van der Waals surface area contributed by atoms with Crippen molar-refractivity contribution in [1.82, 2.24) is 14.9 Å². The van der Waals surface area contributed by atoms with Crippen molar-refractivity contribution in [2.24, 2.45) is 10.9 Å². The Kier molecular flexibility index (Phi) is 5.34. The molecule has 1 amide bonds. The van der Waals surface area contributed by atoms with E-state index in [1.54, 1.807) is 13.4 Å². The number of carbonyl (C=O) groups is 1. The molecular weight excluding hydrogens is 400 g/mol. The van der Waals surface area contributed by atoms with Gasteiger partial charge in [-0.05, 0) is 37.0 Å². The van der Waals surface area contributed by atoms with E-state index in [1.807, 2.05) is 53.1 Å². The molecule has 2 heterocycles. The largest absolute Gasteiger partial charge is 0.383 e. The number of fused-ring (bicyclic) bond motifs is 3. The predicted molar refractivity (Wildman–Crippen MR) is 123 cm³/mol. The Labute approximate surface area is 187 Å². The summed E-state index contributed by atoms with van der Waals surface area (Å²) in [6.45, 7) is 0.839. The molecule has 3 aromatic rings. The number of terminal acetylenes is 1. The normalized spacial score (nSPS) is 15.6. The van der Waals surface area contributed by atoms with Crippen molar-refractivity contribution >= 4 is 11.6 Å². The van der Waals surface area contributed by atoms with Crippen LogP contribution in [0.3, 0.4) is 0 Å². The van der Waals surface area contributed by atoms with E-state index >= 15 is 0 Å². The van der Waals surface area contributed by atoms with Gasteiger partial charge in [0.1, 0.15) is 6.33 Å². The van der Waals surface area contributed by atoms with E-state index in [9.17, 15) is 4.79 Å². The van der Waals surface area contributed by atoms with Crippen molar-refractivity contribution in [2.45, 2.75) is 25.4 Å². The average Bonchev–Trinajstić information content (AvgIpc) is 3.61. The van der Waals surface area contributed by atoms with Gasteiger partial charge >= 0.3 is 0 Å². The van der Waals surface area contributed by atoms with Crippen molar-refractivity contribution in [1.29, 1.82) is 0 Å². The monoisotopic (exact) mass is 424 g/mol. The number of hydrogen-bond acceptors (Lipinski definition) is 4. The Balaban J connectivity index is 1.57. The zero-order valence-corrected chi connectivity index (χ0v) is 17.9. The molecule has 0 unspecified atom stereocenters. The highest BCUT2D eigenvalue weighted by Crippen LogP contribution is 2.33. The number of amides is 1. The van der Waals surface area contributed by atoms with Crippen LogP contribution in [-0.2, 0) is 11.3 Å². The first-order chi connectivity index (χ1) is 15.7. The lowest BCUT2D eigenvalue weighted by molar-refractivity contribution is 0.0878. The number of rotatable bonds is 6. The summed E-state index contributed by atoms with van der Waals surface area (Å²) >= 11 is 0. The minimum Gasteiger partial charge on any atom is -0.383 e. The van der Waals surface area contributed by atoms with Crippen molar-refractivity contribution in [2.75, 3.05) is 13.7 Å². The summed E-state index contributed by atoms with van der Waals surface area (Å²) in [6.07, 6.45) is 9.60. The van der Waals surface area contributed by atoms with Crippen LogP contribution in [0.4, 0.5) is 0 Å². The smallest absolute Gasteiger partial charge is 0.272 e. The molecule has 0 spiro atoms. The third kappa shape index (κ3) is 3.72. The summed E-state index contributed by atoms with van der Waals surface area (Å²) in [5, 5.41) is 3.12. The highest BCUT2D eigenvalue weighted by molar-refractivity contribution is 6.15. The molecule has 0 saturated heterocycles. The van der Waals surface area contributed by atoms with Gasteiger partial charge in [0.05, 0.1) is 36.3 Å². The second-order valence-electron chi connectivity index (χ2n) is 8.19. The maximum absolute atomic E-state index is 13.2. The minimum atomic E-state index is -0.187. The van der Waals surface area contributed by atoms with Crippen molar-refractivity contribution in [3.8, 4) is 18.0 Å². The molecule has 1 aliphatic heterocycles. The topological polar surface area (TPSA) is 68.5 Å². The first-order valence-corrected chi connectivity index (χ1v) is 10.8. The maximum atomic E-state index is 13.2. The number of aliphatic imine (C=N–C) groups is 1. The van der Waals surface area contributed by atoms with Gasteiger partial charge in [-0.25, -0.2) is 4.98 Å². The third-order valence-corrected chi connectivity index (χ3v) is 6.05. The van der Waals surface area contributed by atoms with E-state index in [0.717, 1.165) is 46.6 Å². The number of carbonyl (C=O) groups excluding carboxylic acids is 1. The minimum absolute atomic E-state index is 0.00415. The highest BCUT2D eigenvalue weighted by Gasteiger charge is 2.33. The van der Waals surface area contributed by atoms with E-state index in [-0.39, 0.29) is 11.9 Å². The lowest BCUT2D eigenvalue weighted by Gasteiger charge is -2.17. The number of ether oxygens (including phenoxy) is 1. The quantitative estimate of drug-likeness (QED) is 0.617. The van der Waals surface area contributed by atoms with Crippen LogP contribution in [0.15, 0.2) is 59.9 Å². The molecule has 32 heavy (non-hydrogen) atoms. The van der Waals surface area contributed by atoms with E-state index in [0.29, 0.717) is 24.8 Å². The van der Waals surface area contributed by atoms with E-state index in [4.69, 9.17) is 16.2 Å². The first-order valence-electron chi connectivity index (χ1n) is 10.8. The average molecular weight is 425 g/mol. The summed E-state index contributed by atoms with van der Waals surface area (Å²) in [7, 11) is 1.66. The van der Waals surface area contributed by atoms with E-state index < -0.39 is 0 Å². The summed E-state index contributed by atoms with van der Waals surface area (Å²) < 4.78 is 7.26. The number of imidazole rings is 1. The molecule has 1 fully saturated rings. The zero-order valence-electron chi connectivity index (χ0n) is 17.9. The molecule has 160 valence electrons. The van der Waals surface area contributed by atoms with Crippen LogP contribution in [0.2, 0.25) is 0 Å². The molecule has 1 atom stereocenters. The Morgan fingerprint density at radius 3 is 2.81 bits per heavy atom. The lowest BCUT2D eigenvalue weighted by Crippen LogP contribution is -2.40. The van der Waals surface area contributed by atoms with Crippen LogP contribution in [0.5, 0.6) is 0 Å². The fourth-order valence-electron chi connectivity index (χ4n) is 4.24. The number of methoxy groups -OCH3 is 1. The van der Waals surface area contributed by atoms with Gasteiger partial charge in [-0.2, -0.15) is 0 Å². The molecule has 5 rings (SSSR count). The number of nitrogens with zero attached hydrogens (tertiary/aromatic N) is 3. The van der Waals surface area contributed by atoms with Gasteiger partial charge in [-0.3, -0.25) is 14.4 Å². The van der Waals surface area contributed by atoms with Gasteiger partial charge in [0.2, 0.25) is 0 Å². The summed E-state index contributed by atoms with van der Waals surface area (Å²) in [5.74, 6) is 3.00. The molecule has 1 saturated carbocycles. The molecule has 2 aromatic carbocycles. The molecule has 0 radical (unpaired) electrons.